The van der Waals surface area contributed by atoms with Crippen molar-refractivity contribution in [3.05, 3.63) is 47.1 Å². The van der Waals surface area contributed by atoms with Gasteiger partial charge in [0.1, 0.15) is 18.2 Å². The van der Waals surface area contributed by atoms with Crippen LogP contribution in [0.3, 0.4) is 0 Å². The van der Waals surface area contributed by atoms with Gasteiger partial charge in [0.15, 0.2) is 0 Å². The predicted octanol–water partition coefficient (Wildman–Crippen LogP) is 1.71. The number of halogens is 1. The van der Waals surface area contributed by atoms with E-state index in [0.29, 0.717) is 29.2 Å². The largest absolute Gasteiger partial charge is 0.486 e. The summed E-state index contributed by atoms with van der Waals surface area (Å²) in [6, 6.07) is 4.28. The van der Waals surface area contributed by atoms with E-state index in [1.807, 2.05) is 6.08 Å². The Balaban J connectivity index is 1.37. The lowest BCUT2D eigenvalue weighted by molar-refractivity contribution is -0.110. The molecule has 0 aromatic heterocycles. The van der Waals surface area contributed by atoms with Gasteiger partial charge >= 0.3 is 0 Å². The minimum atomic E-state index is -0.374. The second-order valence-electron chi connectivity index (χ2n) is 6.58. The van der Waals surface area contributed by atoms with Crippen molar-refractivity contribution in [2.24, 2.45) is 0 Å². The average molecular weight is 359 g/mol. The monoisotopic (exact) mass is 359 g/mol. The molecule has 3 heterocycles. The first-order valence-corrected chi connectivity index (χ1v) is 8.93. The maximum absolute atomic E-state index is 13.3. The number of allylic oxidation sites excluding steroid dienone is 1. The number of hydrogen-bond donors (Lipinski definition) is 2. The summed E-state index contributed by atoms with van der Waals surface area (Å²) >= 11 is 0. The van der Waals surface area contributed by atoms with Crippen LogP contribution in [0.4, 0.5) is 10.1 Å². The molecular weight excluding hydrogens is 337 g/mol. The number of ether oxygens (including phenoxy) is 2. The molecule has 4 rings (SSSR count). The van der Waals surface area contributed by atoms with Crippen molar-refractivity contribution in [1.29, 1.82) is 0 Å². The van der Waals surface area contributed by atoms with Crippen LogP contribution in [-0.4, -0.2) is 56.8 Å². The van der Waals surface area contributed by atoms with Crippen molar-refractivity contribution in [3.8, 4) is 0 Å². The summed E-state index contributed by atoms with van der Waals surface area (Å²) in [6.07, 6.45) is 2.90. The molecule has 3 aliphatic heterocycles. The lowest BCUT2D eigenvalue weighted by atomic mass is 10.1. The van der Waals surface area contributed by atoms with Crippen molar-refractivity contribution in [3.63, 3.8) is 0 Å². The molecular formula is C19H22FN3O3. The van der Waals surface area contributed by atoms with Gasteiger partial charge in [-0.2, -0.15) is 0 Å². The van der Waals surface area contributed by atoms with Crippen LogP contribution in [0.2, 0.25) is 0 Å². The summed E-state index contributed by atoms with van der Waals surface area (Å²) in [5, 5.41) is 6.06. The van der Waals surface area contributed by atoms with Gasteiger partial charge in [0, 0.05) is 31.3 Å². The van der Waals surface area contributed by atoms with Gasteiger partial charge in [-0.1, -0.05) is 0 Å². The second kappa shape index (κ2) is 7.47. The molecule has 0 atom stereocenters. The molecule has 3 aliphatic rings. The summed E-state index contributed by atoms with van der Waals surface area (Å²) in [5.74, 6) is -0.102. The molecule has 2 N–H and O–H groups in total. The highest BCUT2D eigenvalue weighted by atomic mass is 19.1. The number of anilines is 1. The minimum absolute atomic E-state index is 0.259. The van der Waals surface area contributed by atoms with Gasteiger partial charge in [-0.05, 0) is 31.2 Å². The molecule has 6 nitrogen and oxygen atoms in total. The molecule has 0 unspecified atom stereocenters. The highest BCUT2D eigenvalue weighted by molar-refractivity contribution is 6.32. The number of nitrogens with zero attached hydrogens (tertiary/aromatic N) is 1. The van der Waals surface area contributed by atoms with Crippen molar-refractivity contribution in [1.82, 2.24) is 10.2 Å². The van der Waals surface area contributed by atoms with Crippen LogP contribution in [0, 0.1) is 5.82 Å². The molecule has 138 valence electrons. The molecule has 7 heteroatoms. The SMILES string of the molecule is O=C1Nc2cc(F)ccc2/C1=C1/C=C(NCCCN2CCOCC2)CO1. The number of benzene rings is 1. The first kappa shape index (κ1) is 17.1. The third-order valence-electron chi connectivity index (χ3n) is 4.77. The Morgan fingerprint density at radius 2 is 2.12 bits per heavy atom. The Bertz CT molecular complexity index is 769. The van der Waals surface area contributed by atoms with Crippen LogP contribution in [0.25, 0.3) is 5.57 Å². The van der Waals surface area contributed by atoms with Crippen molar-refractivity contribution >= 4 is 17.2 Å². The lowest BCUT2D eigenvalue weighted by Crippen LogP contribution is -2.37. The summed E-state index contributed by atoms with van der Waals surface area (Å²) < 4.78 is 24.4. The lowest BCUT2D eigenvalue weighted by Gasteiger charge is -2.26. The summed E-state index contributed by atoms with van der Waals surface area (Å²) in [4.78, 5) is 14.6. The number of amides is 1. The van der Waals surface area contributed by atoms with Gasteiger partial charge < -0.3 is 20.1 Å². The third-order valence-corrected chi connectivity index (χ3v) is 4.77. The summed E-state index contributed by atoms with van der Waals surface area (Å²) in [7, 11) is 0. The summed E-state index contributed by atoms with van der Waals surface area (Å²) in [5.41, 5.74) is 2.58. The van der Waals surface area contributed by atoms with Crippen molar-refractivity contribution < 1.29 is 18.7 Å². The number of carbonyl (C=O) groups excluding carboxylic acids is 1. The Morgan fingerprint density at radius 1 is 1.27 bits per heavy atom. The third kappa shape index (κ3) is 3.59. The number of fused-ring (bicyclic) bond motifs is 1. The number of morpholine rings is 1. The quantitative estimate of drug-likeness (QED) is 0.619. The fourth-order valence-corrected chi connectivity index (χ4v) is 3.41. The zero-order valence-corrected chi connectivity index (χ0v) is 14.5. The maximum atomic E-state index is 13.3. The topological polar surface area (TPSA) is 62.8 Å². The van der Waals surface area contributed by atoms with Crippen LogP contribution in [0.5, 0.6) is 0 Å². The smallest absolute Gasteiger partial charge is 0.260 e. The van der Waals surface area contributed by atoms with Crippen LogP contribution < -0.4 is 10.6 Å². The molecule has 1 amide bonds. The Hall–Kier alpha value is -2.38. The van der Waals surface area contributed by atoms with Gasteiger partial charge in [-0.25, -0.2) is 4.39 Å². The molecule has 0 bridgehead atoms. The van der Waals surface area contributed by atoms with E-state index < -0.39 is 0 Å². The average Bonchev–Trinajstić information content (AvgIpc) is 3.22. The molecule has 1 aromatic carbocycles. The van der Waals surface area contributed by atoms with E-state index in [9.17, 15) is 9.18 Å². The fourth-order valence-electron chi connectivity index (χ4n) is 3.41. The first-order chi connectivity index (χ1) is 12.7. The van der Waals surface area contributed by atoms with E-state index in [0.717, 1.165) is 51.5 Å². The predicted molar refractivity (Wildman–Crippen MR) is 95.9 cm³/mol. The van der Waals surface area contributed by atoms with E-state index in [-0.39, 0.29) is 11.7 Å². The number of nitrogens with one attached hydrogen (secondary N) is 2. The normalized spacial score (nSPS) is 22.7. The molecule has 0 radical (unpaired) electrons. The fraction of sp³-hybridized carbons (Fsp3) is 0.421. The van der Waals surface area contributed by atoms with Gasteiger partial charge in [0.2, 0.25) is 0 Å². The molecule has 0 spiro atoms. The van der Waals surface area contributed by atoms with Crippen molar-refractivity contribution in [2.75, 3.05) is 51.3 Å². The number of carbonyl (C=O) groups is 1. The highest BCUT2D eigenvalue weighted by Gasteiger charge is 2.30. The molecule has 1 aromatic rings. The molecule has 1 saturated heterocycles. The first-order valence-electron chi connectivity index (χ1n) is 8.93. The van der Waals surface area contributed by atoms with E-state index in [2.05, 4.69) is 15.5 Å². The van der Waals surface area contributed by atoms with Crippen LogP contribution in [0.15, 0.2) is 35.7 Å². The molecule has 26 heavy (non-hydrogen) atoms. The number of rotatable bonds is 5. The Labute approximate surface area is 151 Å². The Morgan fingerprint density at radius 3 is 2.96 bits per heavy atom. The minimum Gasteiger partial charge on any atom is -0.486 e. The molecule has 0 aliphatic carbocycles. The van der Waals surface area contributed by atoms with E-state index in [1.165, 1.54) is 12.1 Å². The van der Waals surface area contributed by atoms with Gasteiger partial charge in [-0.3, -0.25) is 9.69 Å². The van der Waals surface area contributed by atoms with Crippen LogP contribution >= 0.6 is 0 Å². The zero-order chi connectivity index (χ0) is 17.9. The standard InChI is InChI=1S/C19H22FN3O3/c20-13-2-3-15-16(10-13)22-19(24)18(15)17-11-14(12-26-17)21-4-1-5-23-6-8-25-9-7-23/h2-3,10-11,21H,1,4-9,12H2,(H,22,24)/b18-17+. The maximum Gasteiger partial charge on any atom is 0.260 e. The number of hydrogen-bond acceptors (Lipinski definition) is 5. The van der Waals surface area contributed by atoms with E-state index in [4.69, 9.17) is 9.47 Å². The van der Waals surface area contributed by atoms with E-state index >= 15 is 0 Å². The Kier molecular flexibility index (Phi) is 4.90. The molecule has 1 fully saturated rings. The van der Waals surface area contributed by atoms with Crippen molar-refractivity contribution in [2.45, 2.75) is 6.42 Å². The van der Waals surface area contributed by atoms with Gasteiger partial charge in [0.05, 0.1) is 30.2 Å². The van der Waals surface area contributed by atoms with E-state index in [1.54, 1.807) is 6.07 Å². The van der Waals surface area contributed by atoms with Gasteiger partial charge in [-0.15, -0.1) is 0 Å². The highest BCUT2D eigenvalue weighted by Crippen LogP contribution is 2.36. The zero-order valence-electron chi connectivity index (χ0n) is 14.5. The molecule has 0 saturated carbocycles. The second-order valence-corrected chi connectivity index (χ2v) is 6.58. The summed E-state index contributed by atoms with van der Waals surface area (Å²) in [6.45, 7) is 5.94. The van der Waals surface area contributed by atoms with Crippen LogP contribution in [0.1, 0.15) is 12.0 Å². The van der Waals surface area contributed by atoms with Gasteiger partial charge in [0.25, 0.3) is 5.91 Å². The van der Waals surface area contributed by atoms with Crippen LogP contribution in [-0.2, 0) is 14.3 Å².